The maximum Gasteiger partial charge on any atom is 0.313 e. The Morgan fingerprint density at radius 2 is 2.24 bits per heavy atom. The minimum absolute atomic E-state index is 0.00287. The van der Waals surface area contributed by atoms with Gasteiger partial charge in [-0.15, -0.1) is 21.5 Å². The molecule has 0 spiro atoms. The van der Waals surface area contributed by atoms with Gasteiger partial charge in [0.05, 0.1) is 11.8 Å². The van der Waals surface area contributed by atoms with Crippen LogP contribution in [-0.2, 0) is 4.79 Å². The summed E-state index contributed by atoms with van der Waals surface area (Å²) in [6.45, 7) is 6.28. The molecule has 0 bridgehead atoms. The first-order chi connectivity index (χ1) is 10.0. The van der Waals surface area contributed by atoms with Crippen LogP contribution in [0.5, 0.6) is 0 Å². The van der Waals surface area contributed by atoms with Crippen LogP contribution in [-0.4, -0.2) is 31.6 Å². The summed E-state index contributed by atoms with van der Waals surface area (Å²) in [6.07, 6.45) is 0.916. The monoisotopic (exact) mass is 325 g/mol. The van der Waals surface area contributed by atoms with E-state index in [4.69, 9.17) is 5.11 Å². The van der Waals surface area contributed by atoms with Gasteiger partial charge < -0.3 is 5.11 Å². The SMILES string of the molecule is CCC(c1cccs1)n1c(SCC(=O)O)nnc1C(C)C. The zero-order valence-electron chi connectivity index (χ0n) is 12.3. The van der Waals surface area contributed by atoms with Crippen molar-refractivity contribution in [1.82, 2.24) is 14.8 Å². The zero-order chi connectivity index (χ0) is 15.4. The first-order valence-electron chi connectivity index (χ1n) is 6.87. The van der Waals surface area contributed by atoms with Gasteiger partial charge in [-0.2, -0.15) is 0 Å². The third-order valence-corrected chi connectivity index (χ3v) is 5.00. The van der Waals surface area contributed by atoms with Crippen molar-refractivity contribution in [2.24, 2.45) is 0 Å². The van der Waals surface area contributed by atoms with Crippen LogP contribution in [0.1, 0.15) is 49.9 Å². The van der Waals surface area contributed by atoms with Crippen molar-refractivity contribution in [2.45, 2.75) is 44.3 Å². The second kappa shape index (κ2) is 7.09. The first kappa shape index (κ1) is 16.0. The van der Waals surface area contributed by atoms with Crippen molar-refractivity contribution < 1.29 is 9.90 Å². The maximum atomic E-state index is 10.8. The molecule has 7 heteroatoms. The molecule has 0 saturated heterocycles. The van der Waals surface area contributed by atoms with Crippen molar-refractivity contribution >= 4 is 29.1 Å². The van der Waals surface area contributed by atoms with Crippen molar-refractivity contribution in [3.63, 3.8) is 0 Å². The molecular weight excluding hydrogens is 306 g/mol. The average molecular weight is 325 g/mol. The van der Waals surface area contributed by atoms with Crippen molar-refractivity contribution in [2.75, 3.05) is 5.75 Å². The Balaban J connectivity index is 2.42. The number of hydrogen-bond acceptors (Lipinski definition) is 5. The summed E-state index contributed by atoms with van der Waals surface area (Å²) in [4.78, 5) is 12.1. The van der Waals surface area contributed by atoms with Gasteiger partial charge in [0.2, 0.25) is 0 Å². The normalized spacial score (nSPS) is 12.8. The first-order valence-corrected chi connectivity index (χ1v) is 8.73. The molecule has 2 aromatic heterocycles. The third-order valence-electron chi connectivity index (χ3n) is 3.10. The molecule has 1 atom stereocenters. The fourth-order valence-corrected chi connectivity index (χ4v) is 3.80. The molecule has 2 rings (SSSR count). The van der Waals surface area contributed by atoms with E-state index in [0.29, 0.717) is 5.16 Å². The number of carbonyl (C=O) groups is 1. The van der Waals surface area contributed by atoms with Gasteiger partial charge in [-0.3, -0.25) is 9.36 Å². The number of carboxylic acid groups (broad SMARTS) is 1. The lowest BCUT2D eigenvalue weighted by Gasteiger charge is -2.20. The highest BCUT2D eigenvalue weighted by Gasteiger charge is 2.23. The second-order valence-corrected chi connectivity index (χ2v) is 6.91. The number of carboxylic acids is 1. The van der Waals surface area contributed by atoms with Gasteiger partial charge in [0.1, 0.15) is 5.82 Å². The van der Waals surface area contributed by atoms with Crippen LogP contribution in [0.3, 0.4) is 0 Å². The van der Waals surface area contributed by atoms with Crippen LogP contribution < -0.4 is 0 Å². The summed E-state index contributed by atoms with van der Waals surface area (Å²) in [5.41, 5.74) is 0. The van der Waals surface area contributed by atoms with E-state index in [-0.39, 0.29) is 17.7 Å². The van der Waals surface area contributed by atoms with E-state index in [0.717, 1.165) is 12.2 Å². The van der Waals surface area contributed by atoms with Crippen LogP contribution in [0, 0.1) is 0 Å². The Morgan fingerprint density at radius 1 is 1.48 bits per heavy atom. The molecule has 0 fully saturated rings. The summed E-state index contributed by atoms with van der Waals surface area (Å²) < 4.78 is 2.10. The molecule has 0 aromatic carbocycles. The van der Waals surface area contributed by atoms with Crippen LogP contribution in [0.4, 0.5) is 0 Å². The standard InChI is InChI=1S/C14H19N3O2S2/c1-4-10(11-6-5-7-20-11)17-13(9(2)3)15-16-14(17)21-8-12(18)19/h5-7,9-10H,4,8H2,1-3H3,(H,18,19). The zero-order valence-corrected chi connectivity index (χ0v) is 13.9. The van der Waals surface area contributed by atoms with Crippen LogP contribution >= 0.6 is 23.1 Å². The molecule has 0 aliphatic rings. The number of thioether (sulfide) groups is 1. The smallest absolute Gasteiger partial charge is 0.313 e. The Morgan fingerprint density at radius 3 is 2.76 bits per heavy atom. The van der Waals surface area contributed by atoms with Gasteiger partial charge in [0.15, 0.2) is 5.16 Å². The highest BCUT2D eigenvalue weighted by atomic mass is 32.2. The van der Waals surface area contributed by atoms with E-state index < -0.39 is 5.97 Å². The summed E-state index contributed by atoms with van der Waals surface area (Å²) in [5, 5.41) is 20.1. The number of nitrogens with zero attached hydrogens (tertiary/aromatic N) is 3. The molecule has 0 saturated carbocycles. The molecule has 2 heterocycles. The number of aromatic nitrogens is 3. The van der Waals surface area contributed by atoms with Crippen LogP contribution in [0.25, 0.3) is 0 Å². The largest absolute Gasteiger partial charge is 0.481 e. The summed E-state index contributed by atoms with van der Waals surface area (Å²) >= 11 is 2.93. The number of aliphatic carboxylic acids is 1. The minimum Gasteiger partial charge on any atom is -0.481 e. The number of thiophene rings is 1. The van der Waals surface area contributed by atoms with E-state index in [1.165, 1.54) is 16.6 Å². The predicted octanol–water partition coefficient (Wildman–Crippen LogP) is 3.64. The highest BCUT2D eigenvalue weighted by molar-refractivity contribution is 7.99. The Bertz CT molecular complexity index is 593. The van der Waals surface area contributed by atoms with Gasteiger partial charge in [-0.1, -0.05) is 38.6 Å². The summed E-state index contributed by atoms with van der Waals surface area (Å²) in [5.74, 6) is 0.301. The molecule has 0 amide bonds. The van der Waals surface area contributed by atoms with Gasteiger partial charge in [-0.25, -0.2) is 0 Å². The van der Waals surface area contributed by atoms with E-state index in [9.17, 15) is 4.79 Å². The van der Waals surface area contributed by atoms with E-state index in [2.05, 4.69) is 47.0 Å². The molecule has 2 aromatic rings. The lowest BCUT2D eigenvalue weighted by molar-refractivity contribution is -0.133. The summed E-state index contributed by atoms with van der Waals surface area (Å²) in [7, 11) is 0. The van der Waals surface area contributed by atoms with E-state index >= 15 is 0 Å². The topological polar surface area (TPSA) is 68.0 Å². The number of hydrogen-bond donors (Lipinski definition) is 1. The highest BCUT2D eigenvalue weighted by Crippen LogP contribution is 2.33. The van der Waals surface area contributed by atoms with Crippen LogP contribution in [0.15, 0.2) is 22.7 Å². The lowest BCUT2D eigenvalue weighted by atomic mass is 10.1. The molecule has 0 aliphatic carbocycles. The van der Waals surface area contributed by atoms with Gasteiger partial charge in [0.25, 0.3) is 0 Å². The second-order valence-electron chi connectivity index (χ2n) is 4.99. The van der Waals surface area contributed by atoms with Crippen LogP contribution in [0.2, 0.25) is 0 Å². The predicted molar refractivity (Wildman–Crippen MR) is 85.2 cm³/mol. The minimum atomic E-state index is -0.843. The molecule has 0 aliphatic heterocycles. The fraction of sp³-hybridized carbons (Fsp3) is 0.500. The molecule has 21 heavy (non-hydrogen) atoms. The molecular formula is C14H19N3O2S2. The lowest BCUT2D eigenvalue weighted by Crippen LogP contribution is -2.15. The Kier molecular flexibility index (Phi) is 5.41. The maximum absolute atomic E-state index is 10.8. The van der Waals surface area contributed by atoms with Crippen molar-refractivity contribution in [3.8, 4) is 0 Å². The Labute approximate surface area is 132 Å². The average Bonchev–Trinajstić information content (AvgIpc) is 3.07. The quantitative estimate of drug-likeness (QED) is 0.787. The third kappa shape index (κ3) is 3.65. The molecule has 114 valence electrons. The molecule has 1 N–H and O–H groups in total. The van der Waals surface area contributed by atoms with E-state index in [1.807, 2.05) is 6.07 Å². The molecule has 1 unspecified atom stereocenters. The van der Waals surface area contributed by atoms with Gasteiger partial charge in [-0.05, 0) is 17.9 Å². The molecule has 0 radical (unpaired) electrons. The summed E-state index contributed by atoms with van der Waals surface area (Å²) in [6, 6.07) is 4.30. The number of rotatable bonds is 7. The van der Waals surface area contributed by atoms with E-state index in [1.54, 1.807) is 11.3 Å². The van der Waals surface area contributed by atoms with Gasteiger partial charge >= 0.3 is 5.97 Å². The molecule has 5 nitrogen and oxygen atoms in total. The van der Waals surface area contributed by atoms with Crippen molar-refractivity contribution in [3.05, 3.63) is 28.2 Å². The fourth-order valence-electron chi connectivity index (χ4n) is 2.19. The Hall–Kier alpha value is -1.34. The van der Waals surface area contributed by atoms with Crippen molar-refractivity contribution in [1.29, 1.82) is 0 Å². The van der Waals surface area contributed by atoms with Gasteiger partial charge in [0, 0.05) is 10.8 Å².